The molecule has 0 amide bonds. The van der Waals surface area contributed by atoms with Crippen LogP contribution in [0.2, 0.25) is 0 Å². The average Bonchev–Trinajstić information content (AvgIpc) is 3.08. The maximum atomic E-state index is 13.1. The van der Waals surface area contributed by atoms with Crippen molar-refractivity contribution >= 4 is 10.9 Å². The van der Waals surface area contributed by atoms with Gasteiger partial charge in [-0.05, 0) is 81.2 Å². The molecule has 0 bridgehead atoms. The van der Waals surface area contributed by atoms with Crippen LogP contribution < -0.4 is 5.32 Å². The van der Waals surface area contributed by atoms with E-state index in [1.165, 1.54) is 11.8 Å². The maximum Gasteiger partial charge on any atom is 0.433 e. The number of pyridine rings is 1. The summed E-state index contributed by atoms with van der Waals surface area (Å²) < 4.78 is 39.2. The number of aryl methyl sites for hydroxylation is 1. The van der Waals surface area contributed by atoms with Crippen LogP contribution in [-0.4, -0.2) is 48.1 Å². The third kappa shape index (κ3) is 4.23. The van der Waals surface area contributed by atoms with E-state index in [0.717, 1.165) is 67.2 Å². The van der Waals surface area contributed by atoms with Crippen LogP contribution in [0.25, 0.3) is 22.2 Å². The summed E-state index contributed by atoms with van der Waals surface area (Å²) in [7, 11) is 1.98. The van der Waals surface area contributed by atoms with Gasteiger partial charge in [-0.25, -0.2) is 0 Å². The number of benzene rings is 1. The van der Waals surface area contributed by atoms with Crippen LogP contribution in [0, 0.1) is 6.92 Å². The second-order valence-corrected chi connectivity index (χ2v) is 8.08. The first-order valence-corrected chi connectivity index (χ1v) is 10.4. The minimum absolute atomic E-state index is 0.505. The second kappa shape index (κ2) is 8.40. The van der Waals surface area contributed by atoms with Crippen molar-refractivity contribution in [2.45, 2.75) is 31.9 Å². The Balaban J connectivity index is 1.59. The summed E-state index contributed by atoms with van der Waals surface area (Å²) in [4.78, 5) is 9.27. The van der Waals surface area contributed by atoms with Gasteiger partial charge in [0.1, 0.15) is 5.69 Å². The van der Waals surface area contributed by atoms with Crippen molar-refractivity contribution in [3.63, 3.8) is 0 Å². The van der Waals surface area contributed by atoms with Crippen LogP contribution in [0.5, 0.6) is 0 Å². The lowest BCUT2D eigenvalue weighted by atomic mass is 9.88. The standard InChI is InChI=1S/C23H27F3N4/c1-15-19-13-17(16-6-10-30(11-7-16)12-9-27-2)3-4-20(19)29-22(15)18-5-8-28-21(14-18)23(24,25)26/h3-5,8,13-14,16,27,29H,6-7,9-12H2,1-2H3. The van der Waals surface area contributed by atoms with Gasteiger partial charge in [0.15, 0.2) is 0 Å². The Morgan fingerprint density at radius 3 is 2.63 bits per heavy atom. The highest BCUT2D eigenvalue weighted by Gasteiger charge is 2.32. The fourth-order valence-electron chi connectivity index (χ4n) is 4.39. The Morgan fingerprint density at radius 2 is 1.93 bits per heavy atom. The number of aromatic amines is 1. The minimum Gasteiger partial charge on any atom is -0.354 e. The minimum atomic E-state index is -4.45. The zero-order valence-corrected chi connectivity index (χ0v) is 17.3. The van der Waals surface area contributed by atoms with Crippen molar-refractivity contribution in [2.75, 3.05) is 33.2 Å². The molecule has 1 fully saturated rings. The Bertz CT molecular complexity index is 1020. The molecule has 160 valence electrons. The molecule has 1 aliphatic heterocycles. The highest BCUT2D eigenvalue weighted by atomic mass is 19.4. The average molecular weight is 416 g/mol. The predicted molar refractivity (Wildman–Crippen MR) is 114 cm³/mol. The quantitative estimate of drug-likeness (QED) is 0.618. The van der Waals surface area contributed by atoms with Gasteiger partial charge in [0.25, 0.3) is 0 Å². The predicted octanol–water partition coefficient (Wildman–Crippen LogP) is 4.96. The van der Waals surface area contributed by atoms with Crippen molar-refractivity contribution < 1.29 is 13.2 Å². The van der Waals surface area contributed by atoms with E-state index in [0.29, 0.717) is 11.5 Å². The number of fused-ring (bicyclic) bond motifs is 1. The number of piperidine rings is 1. The van der Waals surface area contributed by atoms with E-state index in [2.05, 4.69) is 38.4 Å². The third-order valence-corrected chi connectivity index (χ3v) is 6.16. The molecule has 0 radical (unpaired) electrons. The van der Waals surface area contributed by atoms with Crippen molar-refractivity contribution in [3.05, 3.63) is 53.3 Å². The second-order valence-electron chi connectivity index (χ2n) is 8.08. The molecular weight excluding hydrogens is 389 g/mol. The van der Waals surface area contributed by atoms with Crippen molar-refractivity contribution in [1.82, 2.24) is 20.2 Å². The number of rotatable bonds is 5. The molecule has 4 nitrogen and oxygen atoms in total. The highest BCUT2D eigenvalue weighted by molar-refractivity contribution is 5.91. The Morgan fingerprint density at radius 1 is 1.17 bits per heavy atom. The Hall–Kier alpha value is -2.38. The van der Waals surface area contributed by atoms with E-state index in [4.69, 9.17) is 0 Å². The summed E-state index contributed by atoms with van der Waals surface area (Å²) >= 11 is 0. The lowest BCUT2D eigenvalue weighted by Crippen LogP contribution is -2.37. The molecule has 4 rings (SSSR count). The lowest BCUT2D eigenvalue weighted by molar-refractivity contribution is -0.141. The molecule has 7 heteroatoms. The molecule has 3 heterocycles. The number of nitrogens with one attached hydrogen (secondary N) is 2. The largest absolute Gasteiger partial charge is 0.433 e. The van der Waals surface area contributed by atoms with E-state index < -0.39 is 11.9 Å². The monoisotopic (exact) mass is 416 g/mol. The van der Waals surface area contributed by atoms with Gasteiger partial charge in [0.2, 0.25) is 0 Å². The number of likely N-dealkylation sites (tertiary alicyclic amines) is 1. The van der Waals surface area contributed by atoms with Crippen LogP contribution in [0.3, 0.4) is 0 Å². The number of nitrogens with zero attached hydrogens (tertiary/aromatic N) is 2. The molecule has 1 aliphatic rings. The van der Waals surface area contributed by atoms with Crippen LogP contribution in [0.1, 0.15) is 35.6 Å². The molecular formula is C23H27F3N4. The number of aromatic nitrogens is 2. The molecule has 2 aromatic heterocycles. The van der Waals surface area contributed by atoms with Gasteiger partial charge in [-0.2, -0.15) is 13.2 Å². The fourth-order valence-corrected chi connectivity index (χ4v) is 4.39. The van der Waals surface area contributed by atoms with Crippen LogP contribution in [0.4, 0.5) is 13.2 Å². The van der Waals surface area contributed by atoms with E-state index in [1.807, 2.05) is 14.0 Å². The number of H-pyrrole nitrogens is 1. The third-order valence-electron chi connectivity index (χ3n) is 6.16. The molecule has 0 atom stereocenters. The smallest absolute Gasteiger partial charge is 0.354 e. The summed E-state index contributed by atoms with van der Waals surface area (Å²) in [5.41, 5.74) is 3.59. The number of halogens is 3. The van der Waals surface area contributed by atoms with Crippen LogP contribution >= 0.6 is 0 Å². The number of hydrogen-bond acceptors (Lipinski definition) is 3. The summed E-state index contributed by atoms with van der Waals surface area (Å²) in [5.74, 6) is 0.524. The van der Waals surface area contributed by atoms with Gasteiger partial charge in [-0.15, -0.1) is 0 Å². The molecule has 1 saturated heterocycles. The normalized spacial score (nSPS) is 16.4. The van der Waals surface area contributed by atoms with Gasteiger partial charge >= 0.3 is 6.18 Å². The molecule has 1 aromatic carbocycles. The molecule has 0 aliphatic carbocycles. The van der Waals surface area contributed by atoms with Gasteiger partial charge < -0.3 is 15.2 Å². The van der Waals surface area contributed by atoms with Gasteiger partial charge in [0, 0.05) is 41.4 Å². The van der Waals surface area contributed by atoms with Crippen molar-refractivity contribution in [3.8, 4) is 11.3 Å². The number of likely N-dealkylation sites (N-methyl/N-ethyl adjacent to an activating group) is 1. The van der Waals surface area contributed by atoms with E-state index in [1.54, 1.807) is 6.07 Å². The SMILES string of the molecule is CNCCN1CCC(c2ccc3[nH]c(-c4ccnc(C(F)(F)F)c4)c(C)c3c2)CC1. The molecule has 2 N–H and O–H groups in total. The van der Waals surface area contributed by atoms with Crippen LogP contribution in [0.15, 0.2) is 36.5 Å². The summed E-state index contributed by atoms with van der Waals surface area (Å²) in [5, 5.41) is 4.27. The topological polar surface area (TPSA) is 44.0 Å². The molecule has 0 unspecified atom stereocenters. The zero-order chi connectivity index (χ0) is 21.3. The first-order valence-electron chi connectivity index (χ1n) is 10.4. The summed E-state index contributed by atoms with van der Waals surface area (Å²) in [6, 6.07) is 9.16. The van der Waals surface area contributed by atoms with Crippen LogP contribution in [-0.2, 0) is 6.18 Å². The molecule has 0 saturated carbocycles. The van der Waals surface area contributed by atoms with E-state index in [-0.39, 0.29) is 0 Å². The highest BCUT2D eigenvalue weighted by Crippen LogP contribution is 2.36. The molecule has 0 spiro atoms. The maximum absolute atomic E-state index is 13.1. The first kappa shape index (κ1) is 20.9. The number of alkyl halides is 3. The first-order chi connectivity index (χ1) is 14.4. The van der Waals surface area contributed by atoms with Crippen molar-refractivity contribution in [2.24, 2.45) is 0 Å². The van der Waals surface area contributed by atoms with E-state index in [9.17, 15) is 13.2 Å². The summed E-state index contributed by atoms with van der Waals surface area (Å²) in [6.45, 7) is 6.24. The van der Waals surface area contributed by atoms with E-state index >= 15 is 0 Å². The molecule has 30 heavy (non-hydrogen) atoms. The Kier molecular flexibility index (Phi) is 5.84. The fraction of sp³-hybridized carbons (Fsp3) is 0.435. The van der Waals surface area contributed by atoms with Gasteiger partial charge in [0.05, 0.1) is 0 Å². The lowest BCUT2D eigenvalue weighted by Gasteiger charge is -2.32. The zero-order valence-electron chi connectivity index (χ0n) is 17.3. The van der Waals surface area contributed by atoms with Crippen molar-refractivity contribution in [1.29, 1.82) is 0 Å². The van der Waals surface area contributed by atoms with Gasteiger partial charge in [-0.1, -0.05) is 6.07 Å². The molecule has 3 aromatic rings. The van der Waals surface area contributed by atoms with Gasteiger partial charge in [-0.3, -0.25) is 4.98 Å². The summed E-state index contributed by atoms with van der Waals surface area (Å²) in [6.07, 6.45) is -0.975. The number of hydrogen-bond donors (Lipinski definition) is 2. The Labute approximate surface area is 174 Å².